The van der Waals surface area contributed by atoms with Gasteiger partial charge in [-0.3, -0.25) is 4.90 Å². The lowest BCUT2D eigenvalue weighted by Crippen LogP contribution is -2.32. The normalized spacial score (nSPS) is 21.4. The van der Waals surface area contributed by atoms with Crippen molar-refractivity contribution in [3.63, 3.8) is 0 Å². The minimum atomic E-state index is 0.0404. The fraction of sp³-hybridized carbons (Fsp3) is 0.769. The van der Waals surface area contributed by atoms with Crippen LogP contribution >= 0.6 is 0 Å². The Labute approximate surface area is 103 Å². The van der Waals surface area contributed by atoms with Gasteiger partial charge in [-0.2, -0.15) is 0 Å². The Kier molecular flexibility index (Phi) is 3.54. The van der Waals surface area contributed by atoms with E-state index in [-0.39, 0.29) is 5.41 Å². The van der Waals surface area contributed by atoms with Gasteiger partial charge in [0.1, 0.15) is 5.76 Å². The Morgan fingerprint density at radius 3 is 2.82 bits per heavy atom. The number of rotatable bonds is 3. The number of nitrogens with zero attached hydrogens (tertiary/aromatic N) is 2. The molecule has 1 N–H and O–H groups in total. The van der Waals surface area contributed by atoms with Crippen molar-refractivity contribution in [1.82, 2.24) is 15.2 Å². The van der Waals surface area contributed by atoms with E-state index in [0.717, 1.165) is 31.3 Å². The third-order valence-corrected chi connectivity index (χ3v) is 3.34. The van der Waals surface area contributed by atoms with E-state index in [1.807, 2.05) is 6.20 Å². The van der Waals surface area contributed by atoms with Gasteiger partial charge in [0.25, 0.3) is 0 Å². The van der Waals surface area contributed by atoms with Crippen LogP contribution in [0.3, 0.4) is 0 Å². The highest BCUT2D eigenvalue weighted by atomic mass is 16.4. The number of hydrogen-bond donors (Lipinski definition) is 1. The zero-order valence-corrected chi connectivity index (χ0v) is 11.3. The Hall–Kier alpha value is -0.870. The fourth-order valence-electron chi connectivity index (χ4n) is 2.09. The summed E-state index contributed by atoms with van der Waals surface area (Å²) in [6.07, 6.45) is 3.07. The molecular formula is C13H23N3O. The summed E-state index contributed by atoms with van der Waals surface area (Å²) in [6, 6.07) is 0.611. The van der Waals surface area contributed by atoms with Crippen LogP contribution < -0.4 is 5.32 Å². The van der Waals surface area contributed by atoms with Crippen LogP contribution in [0.2, 0.25) is 0 Å². The van der Waals surface area contributed by atoms with Crippen molar-refractivity contribution >= 4 is 0 Å². The van der Waals surface area contributed by atoms with Gasteiger partial charge in [0, 0.05) is 18.0 Å². The molecule has 4 nitrogen and oxygen atoms in total. The summed E-state index contributed by atoms with van der Waals surface area (Å²) in [5.74, 6) is 1.79. The highest BCUT2D eigenvalue weighted by molar-refractivity contribution is 5.06. The summed E-state index contributed by atoms with van der Waals surface area (Å²) in [4.78, 5) is 6.68. The summed E-state index contributed by atoms with van der Waals surface area (Å²) in [6.45, 7) is 9.41. The van der Waals surface area contributed by atoms with Gasteiger partial charge >= 0.3 is 0 Å². The minimum Gasteiger partial charge on any atom is -0.444 e. The molecule has 0 aromatic carbocycles. The van der Waals surface area contributed by atoms with Gasteiger partial charge in [0.05, 0.1) is 12.7 Å². The average Bonchev–Trinajstić information content (AvgIpc) is 2.85. The lowest BCUT2D eigenvalue weighted by Gasteiger charge is -2.21. The molecule has 1 atom stereocenters. The van der Waals surface area contributed by atoms with E-state index in [1.165, 1.54) is 6.42 Å². The van der Waals surface area contributed by atoms with Crippen molar-refractivity contribution in [2.24, 2.45) is 0 Å². The van der Waals surface area contributed by atoms with Crippen LogP contribution in [-0.4, -0.2) is 36.1 Å². The van der Waals surface area contributed by atoms with E-state index in [4.69, 9.17) is 4.42 Å². The van der Waals surface area contributed by atoms with Gasteiger partial charge in [-0.15, -0.1) is 0 Å². The molecule has 1 aromatic rings. The molecule has 96 valence electrons. The molecule has 1 aliphatic heterocycles. The van der Waals surface area contributed by atoms with Crippen molar-refractivity contribution in [1.29, 1.82) is 0 Å². The Morgan fingerprint density at radius 2 is 2.29 bits per heavy atom. The second kappa shape index (κ2) is 4.78. The molecule has 0 aliphatic carbocycles. The molecule has 1 aromatic heterocycles. The first-order valence-electron chi connectivity index (χ1n) is 6.33. The highest BCUT2D eigenvalue weighted by Crippen LogP contribution is 2.23. The first-order valence-corrected chi connectivity index (χ1v) is 6.33. The predicted octanol–water partition coefficient (Wildman–Crippen LogP) is 1.77. The molecule has 4 heteroatoms. The zero-order valence-electron chi connectivity index (χ0n) is 11.3. The van der Waals surface area contributed by atoms with Gasteiger partial charge in [-0.25, -0.2) is 4.98 Å². The first-order chi connectivity index (χ1) is 7.97. The van der Waals surface area contributed by atoms with Crippen molar-refractivity contribution in [2.45, 2.75) is 45.2 Å². The topological polar surface area (TPSA) is 41.3 Å². The van der Waals surface area contributed by atoms with Crippen molar-refractivity contribution < 1.29 is 4.42 Å². The maximum atomic E-state index is 5.81. The summed E-state index contributed by atoms with van der Waals surface area (Å²) in [5, 5.41) is 3.38. The summed E-state index contributed by atoms with van der Waals surface area (Å²) in [7, 11) is 2.14. The molecule has 0 saturated carbocycles. The van der Waals surface area contributed by atoms with Crippen molar-refractivity contribution in [3.05, 3.63) is 17.8 Å². The third-order valence-electron chi connectivity index (χ3n) is 3.34. The molecule has 1 aliphatic rings. The van der Waals surface area contributed by atoms with E-state index >= 15 is 0 Å². The molecule has 0 spiro atoms. The smallest absolute Gasteiger partial charge is 0.208 e. The molecule has 1 unspecified atom stereocenters. The monoisotopic (exact) mass is 237 g/mol. The summed E-state index contributed by atoms with van der Waals surface area (Å²) in [5.41, 5.74) is 0.0404. The maximum Gasteiger partial charge on any atom is 0.208 e. The van der Waals surface area contributed by atoms with Crippen LogP contribution in [0.1, 0.15) is 38.8 Å². The molecule has 2 rings (SSSR count). The number of aromatic nitrogens is 1. The third kappa shape index (κ3) is 3.07. The number of oxazole rings is 1. The van der Waals surface area contributed by atoms with Gasteiger partial charge < -0.3 is 9.73 Å². The highest BCUT2D eigenvalue weighted by Gasteiger charge is 2.22. The van der Waals surface area contributed by atoms with Crippen LogP contribution in [0, 0.1) is 0 Å². The predicted molar refractivity (Wildman–Crippen MR) is 67.9 cm³/mol. The first kappa shape index (κ1) is 12.6. The minimum absolute atomic E-state index is 0.0404. The van der Waals surface area contributed by atoms with Crippen LogP contribution in [0.25, 0.3) is 0 Å². The zero-order chi connectivity index (χ0) is 12.5. The summed E-state index contributed by atoms with van der Waals surface area (Å²) < 4.78 is 5.81. The Balaban J connectivity index is 1.96. The van der Waals surface area contributed by atoms with Crippen LogP contribution in [-0.2, 0) is 12.0 Å². The largest absolute Gasteiger partial charge is 0.444 e. The molecule has 0 amide bonds. The molecule has 2 heterocycles. The molecule has 17 heavy (non-hydrogen) atoms. The van der Waals surface area contributed by atoms with E-state index in [9.17, 15) is 0 Å². The number of nitrogens with one attached hydrogen (secondary N) is 1. The van der Waals surface area contributed by atoms with Crippen LogP contribution in [0.4, 0.5) is 0 Å². The molecule has 1 fully saturated rings. The molecular weight excluding hydrogens is 214 g/mol. The van der Waals surface area contributed by atoms with E-state index < -0.39 is 0 Å². The Morgan fingerprint density at radius 1 is 1.53 bits per heavy atom. The van der Waals surface area contributed by atoms with Crippen molar-refractivity contribution in [2.75, 3.05) is 20.1 Å². The number of hydrogen-bond acceptors (Lipinski definition) is 4. The SMILES string of the molecule is CN(Cc1ncc(C(C)(C)C)o1)C1CCNC1. The second-order valence-electron chi connectivity index (χ2n) is 5.93. The summed E-state index contributed by atoms with van der Waals surface area (Å²) >= 11 is 0. The van der Waals surface area contributed by atoms with Gasteiger partial charge in [-0.1, -0.05) is 20.8 Å². The van der Waals surface area contributed by atoms with Gasteiger partial charge in [0.15, 0.2) is 0 Å². The molecule has 0 bridgehead atoms. The average molecular weight is 237 g/mol. The molecule has 0 radical (unpaired) electrons. The van der Waals surface area contributed by atoms with Gasteiger partial charge in [0.2, 0.25) is 5.89 Å². The molecule has 1 saturated heterocycles. The fourth-order valence-corrected chi connectivity index (χ4v) is 2.09. The lowest BCUT2D eigenvalue weighted by molar-refractivity contribution is 0.219. The quantitative estimate of drug-likeness (QED) is 0.870. The Bertz CT molecular complexity index is 361. The second-order valence-corrected chi connectivity index (χ2v) is 5.93. The maximum absolute atomic E-state index is 5.81. The van der Waals surface area contributed by atoms with Gasteiger partial charge in [-0.05, 0) is 20.0 Å². The lowest BCUT2D eigenvalue weighted by atomic mass is 9.94. The van der Waals surface area contributed by atoms with E-state index in [1.54, 1.807) is 0 Å². The van der Waals surface area contributed by atoms with Crippen LogP contribution in [0.15, 0.2) is 10.6 Å². The van der Waals surface area contributed by atoms with Crippen LogP contribution in [0.5, 0.6) is 0 Å². The van der Waals surface area contributed by atoms with Crippen molar-refractivity contribution in [3.8, 4) is 0 Å². The number of likely N-dealkylation sites (N-methyl/N-ethyl adjacent to an activating group) is 1. The standard InChI is InChI=1S/C13H23N3O/c1-13(2,3)11-8-15-12(17-11)9-16(4)10-5-6-14-7-10/h8,10,14H,5-7,9H2,1-4H3. The van der Waals surface area contributed by atoms with E-state index in [2.05, 4.69) is 43.0 Å². The van der Waals surface area contributed by atoms with E-state index in [0.29, 0.717) is 6.04 Å².